The summed E-state index contributed by atoms with van der Waals surface area (Å²) >= 11 is 1.21. The molecule has 2 aromatic rings. The molecule has 2 heterocycles. The Labute approximate surface area is 130 Å². The summed E-state index contributed by atoms with van der Waals surface area (Å²) in [6.07, 6.45) is 4.59. The Morgan fingerprint density at radius 3 is 2.91 bits per heavy atom. The van der Waals surface area contributed by atoms with E-state index in [1.807, 2.05) is 6.92 Å². The van der Waals surface area contributed by atoms with Gasteiger partial charge in [0.15, 0.2) is 0 Å². The summed E-state index contributed by atoms with van der Waals surface area (Å²) in [7, 11) is 1.51. The van der Waals surface area contributed by atoms with Gasteiger partial charge in [0.2, 0.25) is 11.8 Å². The van der Waals surface area contributed by atoms with E-state index in [9.17, 15) is 9.59 Å². The largest absolute Gasteiger partial charge is 0.480 e. The van der Waals surface area contributed by atoms with Gasteiger partial charge in [-0.25, -0.2) is 9.78 Å². The van der Waals surface area contributed by atoms with E-state index >= 15 is 0 Å². The zero-order valence-electron chi connectivity index (χ0n) is 12.1. The van der Waals surface area contributed by atoms with Crippen molar-refractivity contribution in [2.45, 2.75) is 18.5 Å². The van der Waals surface area contributed by atoms with Crippen molar-refractivity contribution < 1.29 is 9.53 Å². The number of hydrogen-bond acceptors (Lipinski definition) is 7. The van der Waals surface area contributed by atoms with Crippen LogP contribution < -0.4 is 15.7 Å². The van der Waals surface area contributed by atoms with Gasteiger partial charge >= 0.3 is 5.69 Å². The van der Waals surface area contributed by atoms with Gasteiger partial charge in [-0.15, -0.1) is 0 Å². The van der Waals surface area contributed by atoms with E-state index in [2.05, 4.69) is 25.3 Å². The van der Waals surface area contributed by atoms with Crippen molar-refractivity contribution in [3.63, 3.8) is 0 Å². The van der Waals surface area contributed by atoms with Gasteiger partial charge in [0.25, 0.3) is 0 Å². The molecule has 2 rings (SSSR count). The first-order valence-corrected chi connectivity index (χ1v) is 7.38. The zero-order chi connectivity index (χ0) is 15.9. The average Bonchev–Trinajstić information content (AvgIpc) is 2.54. The second-order valence-corrected chi connectivity index (χ2v) is 5.27. The summed E-state index contributed by atoms with van der Waals surface area (Å²) in [5, 5.41) is 3.27. The van der Waals surface area contributed by atoms with Crippen molar-refractivity contribution in [1.82, 2.24) is 25.3 Å². The maximum atomic E-state index is 11.8. The molecule has 1 amide bonds. The standard InChI is InChI=1S/C13H15N5O3S/c1-8-3-17-13(20)18-12(8)22-7-10(19)15-4-9-5-16-11(21-2)6-14-9/h3,5-6H,4,7H2,1-2H3,(H,15,19)(H,17,18,20). The minimum absolute atomic E-state index is 0.168. The molecule has 0 aromatic carbocycles. The highest BCUT2D eigenvalue weighted by atomic mass is 32.2. The lowest BCUT2D eigenvalue weighted by Crippen LogP contribution is -2.25. The van der Waals surface area contributed by atoms with Crippen LogP contribution in [0.1, 0.15) is 11.3 Å². The van der Waals surface area contributed by atoms with E-state index in [0.717, 1.165) is 5.56 Å². The summed E-state index contributed by atoms with van der Waals surface area (Å²) in [6, 6.07) is 0. The summed E-state index contributed by atoms with van der Waals surface area (Å²) in [5.41, 5.74) is 1.02. The van der Waals surface area contributed by atoms with E-state index in [4.69, 9.17) is 4.74 Å². The van der Waals surface area contributed by atoms with Gasteiger partial charge in [0.05, 0.1) is 37.5 Å². The van der Waals surface area contributed by atoms with Crippen LogP contribution in [0.5, 0.6) is 5.88 Å². The molecule has 0 fully saturated rings. The Hall–Kier alpha value is -2.42. The summed E-state index contributed by atoms with van der Waals surface area (Å²) in [6.45, 7) is 2.09. The first-order valence-electron chi connectivity index (χ1n) is 6.39. The summed E-state index contributed by atoms with van der Waals surface area (Å²) in [5.74, 6) is 0.409. The number of H-pyrrole nitrogens is 1. The lowest BCUT2D eigenvalue weighted by molar-refractivity contribution is -0.118. The Morgan fingerprint density at radius 2 is 2.23 bits per heavy atom. The van der Waals surface area contributed by atoms with E-state index in [1.165, 1.54) is 31.3 Å². The quantitative estimate of drug-likeness (QED) is 0.581. The predicted molar refractivity (Wildman–Crippen MR) is 80.7 cm³/mol. The third kappa shape index (κ3) is 4.55. The molecular formula is C13H15N5O3S. The van der Waals surface area contributed by atoms with Crippen molar-refractivity contribution >= 4 is 17.7 Å². The van der Waals surface area contributed by atoms with E-state index in [0.29, 0.717) is 16.6 Å². The number of aromatic nitrogens is 4. The minimum Gasteiger partial charge on any atom is -0.480 e. The number of carbonyl (C=O) groups is 1. The number of hydrogen-bond donors (Lipinski definition) is 2. The molecule has 0 aliphatic heterocycles. The molecular weight excluding hydrogens is 306 g/mol. The maximum absolute atomic E-state index is 11.8. The van der Waals surface area contributed by atoms with Crippen LogP contribution in [0.15, 0.2) is 28.4 Å². The Morgan fingerprint density at radius 1 is 1.41 bits per heavy atom. The van der Waals surface area contributed by atoms with E-state index in [1.54, 1.807) is 6.20 Å². The smallest absolute Gasteiger partial charge is 0.345 e. The SMILES string of the molecule is COc1cnc(CNC(=O)CSc2nc(=O)[nH]cc2C)cn1. The Balaban J connectivity index is 1.82. The van der Waals surface area contributed by atoms with Crippen LogP contribution >= 0.6 is 11.8 Å². The lowest BCUT2D eigenvalue weighted by Gasteiger charge is -2.06. The lowest BCUT2D eigenvalue weighted by atomic mass is 10.4. The van der Waals surface area contributed by atoms with Gasteiger partial charge in [0, 0.05) is 6.20 Å². The van der Waals surface area contributed by atoms with Crippen LogP contribution in [0.25, 0.3) is 0 Å². The van der Waals surface area contributed by atoms with Crippen LogP contribution in [-0.4, -0.2) is 38.7 Å². The van der Waals surface area contributed by atoms with E-state index in [-0.39, 0.29) is 18.2 Å². The fourth-order valence-corrected chi connectivity index (χ4v) is 2.31. The Kier molecular flexibility index (Phi) is 5.48. The number of thioether (sulfide) groups is 1. The molecule has 0 spiro atoms. The first-order chi connectivity index (χ1) is 10.6. The molecule has 0 atom stereocenters. The minimum atomic E-state index is -0.429. The number of amides is 1. The molecule has 0 saturated heterocycles. The number of nitrogens with zero attached hydrogens (tertiary/aromatic N) is 3. The average molecular weight is 321 g/mol. The first kappa shape index (κ1) is 16.0. The van der Waals surface area contributed by atoms with Crippen molar-refractivity contribution in [1.29, 1.82) is 0 Å². The van der Waals surface area contributed by atoms with Gasteiger partial charge in [-0.2, -0.15) is 4.98 Å². The number of methoxy groups -OCH3 is 1. The molecule has 9 heteroatoms. The zero-order valence-corrected chi connectivity index (χ0v) is 12.9. The van der Waals surface area contributed by atoms with Gasteiger partial charge in [-0.3, -0.25) is 9.78 Å². The molecule has 8 nitrogen and oxygen atoms in total. The molecule has 116 valence electrons. The van der Waals surface area contributed by atoms with Crippen molar-refractivity contribution in [3.05, 3.63) is 40.3 Å². The second-order valence-electron chi connectivity index (χ2n) is 4.31. The summed E-state index contributed by atoms with van der Waals surface area (Å²) < 4.78 is 4.90. The number of nitrogens with one attached hydrogen (secondary N) is 2. The number of rotatable bonds is 6. The van der Waals surface area contributed by atoms with Crippen molar-refractivity contribution in [2.24, 2.45) is 0 Å². The predicted octanol–water partition coefficient (Wildman–Crippen LogP) is 0.285. The highest BCUT2D eigenvalue weighted by molar-refractivity contribution is 7.99. The Bertz CT molecular complexity index is 702. The fraction of sp³-hybridized carbons (Fsp3) is 0.308. The van der Waals surface area contributed by atoms with Gasteiger partial charge in [-0.05, 0) is 12.5 Å². The maximum Gasteiger partial charge on any atom is 0.345 e. The van der Waals surface area contributed by atoms with Crippen molar-refractivity contribution in [2.75, 3.05) is 12.9 Å². The monoisotopic (exact) mass is 321 g/mol. The van der Waals surface area contributed by atoms with Crippen LogP contribution in [0.2, 0.25) is 0 Å². The molecule has 0 bridgehead atoms. The normalized spacial score (nSPS) is 10.3. The molecule has 0 aliphatic rings. The van der Waals surface area contributed by atoms with Crippen LogP contribution in [0.3, 0.4) is 0 Å². The van der Waals surface area contributed by atoms with Gasteiger partial charge in [0.1, 0.15) is 5.03 Å². The fourth-order valence-electron chi connectivity index (χ4n) is 1.50. The third-order valence-electron chi connectivity index (χ3n) is 2.65. The highest BCUT2D eigenvalue weighted by Crippen LogP contribution is 2.16. The number of carbonyl (C=O) groups excluding carboxylic acids is 1. The van der Waals surface area contributed by atoms with Crippen LogP contribution in [0.4, 0.5) is 0 Å². The number of aromatic amines is 1. The van der Waals surface area contributed by atoms with E-state index < -0.39 is 5.69 Å². The van der Waals surface area contributed by atoms with Crippen LogP contribution in [0, 0.1) is 6.92 Å². The number of aryl methyl sites for hydroxylation is 1. The topological polar surface area (TPSA) is 110 Å². The molecule has 0 unspecified atom stereocenters. The van der Waals surface area contributed by atoms with Gasteiger partial charge < -0.3 is 15.0 Å². The summed E-state index contributed by atoms with van der Waals surface area (Å²) in [4.78, 5) is 37.3. The molecule has 0 radical (unpaired) electrons. The molecule has 0 saturated carbocycles. The van der Waals surface area contributed by atoms with Crippen molar-refractivity contribution in [3.8, 4) is 5.88 Å². The highest BCUT2D eigenvalue weighted by Gasteiger charge is 2.07. The molecule has 2 aromatic heterocycles. The number of ether oxygens (including phenoxy) is 1. The molecule has 2 N–H and O–H groups in total. The van der Waals surface area contributed by atoms with Crippen LogP contribution in [-0.2, 0) is 11.3 Å². The molecule has 22 heavy (non-hydrogen) atoms. The second kappa shape index (κ2) is 7.55. The third-order valence-corrected chi connectivity index (χ3v) is 3.74. The molecule has 0 aliphatic carbocycles. The van der Waals surface area contributed by atoms with Gasteiger partial charge in [-0.1, -0.05) is 11.8 Å².